The van der Waals surface area contributed by atoms with Gasteiger partial charge >= 0.3 is 0 Å². The Kier molecular flexibility index (Phi) is 5.80. The van der Waals surface area contributed by atoms with Gasteiger partial charge in [-0.25, -0.2) is 0 Å². The molecule has 2 rings (SSSR count). The van der Waals surface area contributed by atoms with Crippen LogP contribution >= 0.6 is 0 Å². The van der Waals surface area contributed by atoms with E-state index in [1.807, 2.05) is 0 Å². The van der Waals surface area contributed by atoms with Gasteiger partial charge in [-0.1, -0.05) is 49.6 Å². The molecule has 3 unspecified atom stereocenters. The summed E-state index contributed by atoms with van der Waals surface area (Å²) in [5, 5.41) is 3.24. The third-order valence-electron chi connectivity index (χ3n) is 4.75. The summed E-state index contributed by atoms with van der Waals surface area (Å²) in [6.07, 6.45) is 5.35. The molecule has 1 saturated carbocycles. The van der Waals surface area contributed by atoms with E-state index in [9.17, 15) is 4.79 Å². The van der Waals surface area contributed by atoms with Crippen LogP contribution in [0.2, 0.25) is 0 Å². The van der Waals surface area contributed by atoms with Crippen molar-refractivity contribution in [1.82, 2.24) is 5.32 Å². The topological polar surface area (TPSA) is 55.1 Å². The number of benzene rings is 1. The van der Waals surface area contributed by atoms with Crippen molar-refractivity contribution in [3.8, 4) is 0 Å². The third kappa shape index (κ3) is 4.07. The maximum atomic E-state index is 12.6. The van der Waals surface area contributed by atoms with Crippen molar-refractivity contribution in [2.45, 2.75) is 52.0 Å². The standard InChI is InChI=1S/C18H28N2O/c1-3-17(14-10-8-13(2)9-11-14)20-18(21)16-7-5-4-6-15(16)12-19/h8-11,15-17H,3-7,12,19H2,1-2H3,(H,20,21). The van der Waals surface area contributed by atoms with E-state index in [1.54, 1.807) is 0 Å². The predicted octanol–water partition coefficient (Wildman–Crippen LogP) is 3.33. The first-order chi connectivity index (χ1) is 10.2. The normalized spacial score (nSPS) is 23.6. The summed E-state index contributed by atoms with van der Waals surface area (Å²) in [6.45, 7) is 4.82. The minimum atomic E-state index is 0.100. The molecule has 1 aromatic carbocycles. The monoisotopic (exact) mass is 288 g/mol. The minimum absolute atomic E-state index is 0.100. The molecule has 1 aliphatic carbocycles. The molecule has 0 spiro atoms. The Labute approximate surface area is 128 Å². The van der Waals surface area contributed by atoms with Gasteiger partial charge in [0.1, 0.15) is 0 Å². The molecule has 0 aromatic heterocycles. The lowest BCUT2D eigenvalue weighted by atomic mass is 9.78. The highest BCUT2D eigenvalue weighted by molar-refractivity contribution is 5.79. The highest BCUT2D eigenvalue weighted by Crippen LogP contribution is 2.30. The maximum absolute atomic E-state index is 12.6. The number of carbonyl (C=O) groups is 1. The molecule has 1 fully saturated rings. The smallest absolute Gasteiger partial charge is 0.223 e. The van der Waals surface area contributed by atoms with Crippen molar-refractivity contribution >= 4 is 5.91 Å². The summed E-state index contributed by atoms with van der Waals surface area (Å²) in [7, 11) is 0. The van der Waals surface area contributed by atoms with Gasteiger partial charge in [0.15, 0.2) is 0 Å². The van der Waals surface area contributed by atoms with Gasteiger partial charge < -0.3 is 11.1 Å². The van der Waals surface area contributed by atoms with E-state index in [2.05, 4.69) is 43.4 Å². The van der Waals surface area contributed by atoms with Gasteiger partial charge in [-0.3, -0.25) is 4.79 Å². The molecule has 0 aliphatic heterocycles. The second-order valence-electron chi connectivity index (χ2n) is 6.27. The number of nitrogens with two attached hydrogens (primary N) is 1. The number of hydrogen-bond donors (Lipinski definition) is 2. The van der Waals surface area contributed by atoms with Gasteiger partial charge in [0.2, 0.25) is 5.91 Å². The van der Waals surface area contributed by atoms with E-state index in [0.717, 1.165) is 25.7 Å². The molecular weight excluding hydrogens is 260 g/mol. The van der Waals surface area contributed by atoms with E-state index in [-0.39, 0.29) is 17.9 Å². The van der Waals surface area contributed by atoms with Gasteiger partial charge in [-0.05, 0) is 44.2 Å². The predicted molar refractivity (Wildman–Crippen MR) is 86.9 cm³/mol. The number of amides is 1. The fourth-order valence-corrected chi connectivity index (χ4v) is 3.33. The molecule has 3 nitrogen and oxygen atoms in total. The van der Waals surface area contributed by atoms with Crippen molar-refractivity contribution in [2.75, 3.05) is 6.54 Å². The van der Waals surface area contributed by atoms with Crippen molar-refractivity contribution in [2.24, 2.45) is 17.6 Å². The molecule has 3 atom stereocenters. The van der Waals surface area contributed by atoms with E-state index in [0.29, 0.717) is 12.5 Å². The largest absolute Gasteiger partial charge is 0.349 e. The summed E-state index contributed by atoms with van der Waals surface area (Å²) < 4.78 is 0. The molecule has 0 saturated heterocycles. The quantitative estimate of drug-likeness (QED) is 0.873. The van der Waals surface area contributed by atoms with Gasteiger partial charge in [0.05, 0.1) is 6.04 Å². The molecule has 1 aromatic rings. The Bertz CT molecular complexity index is 455. The molecule has 3 N–H and O–H groups in total. The second kappa shape index (κ2) is 7.60. The molecule has 116 valence electrons. The Morgan fingerprint density at radius 2 is 1.95 bits per heavy atom. The number of rotatable bonds is 5. The zero-order valence-electron chi connectivity index (χ0n) is 13.3. The molecule has 21 heavy (non-hydrogen) atoms. The summed E-state index contributed by atoms with van der Waals surface area (Å²) in [5.74, 6) is 0.648. The Morgan fingerprint density at radius 1 is 1.29 bits per heavy atom. The van der Waals surface area contributed by atoms with Crippen molar-refractivity contribution < 1.29 is 4.79 Å². The first-order valence-electron chi connectivity index (χ1n) is 8.22. The minimum Gasteiger partial charge on any atom is -0.349 e. The van der Waals surface area contributed by atoms with Gasteiger partial charge in [0, 0.05) is 5.92 Å². The fraction of sp³-hybridized carbons (Fsp3) is 0.611. The van der Waals surface area contributed by atoms with E-state index >= 15 is 0 Å². The summed E-state index contributed by atoms with van der Waals surface area (Å²) in [5.41, 5.74) is 8.28. The third-order valence-corrected chi connectivity index (χ3v) is 4.75. The number of aryl methyl sites for hydroxylation is 1. The SMILES string of the molecule is CCC(NC(=O)C1CCCCC1CN)c1ccc(C)cc1. The summed E-state index contributed by atoms with van der Waals surface area (Å²) in [6, 6.07) is 8.55. The highest BCUT2D eigenvalue weighted by Gasteiger charge is 2.30. The van der Waals surface area contributed by atoms with Crippen LogP contribution in [0.25, 0.3) is 0 Å². The van der Waals surface area contributed by atoms with Crippen LogP contribution in [0.4, 0.5) is 0 Å². The Balaban J connectivity index is 2.03. The molecule has 0 bridgehead atoms. The molecule has 0 heterocycles. The van der Waals surface area contributed by atoms with Crippen LogP contribution in [0.5, 0.6) is 0 Å². The number of nitrogens with one attached hydrogen (secondary N) is 1. The number of carbonyl (C=O) groups excluding carboxylic acids is 1. The molecular formula is C18H28N2O. The lowest BCUT2D eigenvalue weighted by Gasteiger charge is -2.31. The van der Waals surface area contributed by atoms with E-state index in [1.165, 1.54) is 17.5 Å². The van der Waals surface area contributed by atoms with Crippen molar-refractivity contribution in [3.63, 3.8) is 0 Å². The van der Waals surface area contributed by atoms with Crippen LogP contribution < -0.4 is 11.1 Å². The first kappa shape index (κ1) is 16.0. The van der Waals surface area contributed by atoms with Crippen LogP contribution in [0.15, 0.2) is 24.3 Å². The second-order valence-corrected chi connectivity index (χ2v) is 6.27. The van der Waals surface area contributed by atoms with Crippen molar-refractivity contribution in [3.05, 3.63) is 35.4 Å². The van der Waals surface area contributed by atoms with Gasteiger partial charge in [0.25, 0.3) is 0 Å². The van der Waals surface area contributed by atoms with Crippen LogP contribution in [-0.4, -0.2) is 12.5 Å². The average Bonchev–Trinajstić information content (AvgIpc) is 2.53. The molecule has 1 aliphatic rings. The zero-order valence-corrected chi connectivity index (χ0v) is 13.3. The van der Waals surface area contributed by atoms with Crippen LogP contribution in [0, 0.1) is 18.8 Å². The molecule has 3 heteroatoms. The molecule has 0 radical (unpaired) electrons. The maximum Gasteiger partial charge on any atom is 0.223 e. The highest BCUT2D eigenvalue weighted by atomic mass is 16.2. The lowest BCUT2D eigenvalue weighted by Crippen LogP contribution is -2.40. The summed E-state index contributed by atoms with van der Waals surface area (Å²) >= 11 is 0. The van der Waals surface area contributed by atoms with E-state index < -0.39 is 0 Å². The van der Waals surface area contributed by atoms with Gasteiger partial charge in [-0.2, -0.15) is 0 Å². The lowest BCUT2D eigenvalue weighted by molar-refractivity contribution is -0.128. The molecule has 1 amide bonds. The number of hydrogen-bond acceptors (Lipinski definition) is 2. The summed E-state index contributed by atoms with van der Waals surface area (Å²) in [4.78, 5) is 12.6. The van der Waals surface area contributed by atoms with Crippen LogP contribution in [0.1, 0.15) is 56.2 Å². The van der Waals surface area contributed by atoms with Crippen LogP contribution in [0.3, 0.4) is 0 Å². The Hall–Kier alpha value is -1.35. The van der Waals surface area contributed by atoms with E-state index in [4.69, 9.17) is 5.73 Å². The van der Waals surface area contributed by atoms with Gasteiger partial charge in [-0.15, -0.1) is 0 Å². The fourth-order valence-electron chi connectivity index (χ4n) is 3.33. The first-order valence-corrected chi connectivity index (χ1v) is 8.22. The van der Waals surface area contributed by atoms with Crippen molar-refractivity contribution in [1.29, 1.82) is 0 Å². The average molecular weight is 288 g/mol. The zero-order chi connectivity index (χ0) is 15.2. The van der Waals surface area contributed by atoms with Crippen LogP contribution in [-0.2, 0) is 4.79 Å². The Morgan fingerprint density at radius 3 is 2.57 bits per heavy atom.